The monoisotopic (exact) mass is 333 g/mol. The maximum absolute atomic E-state index is 10.9. The van der Waals surface area contributed by atoms with Gasteiger partial charge in [-0.15, -0.1) is 0 Å². The average molecular weight is 334 g/mol. The first-order valence-electron chi connectivity index (χ1n) is 9.00. The molecule has 0 unspecified atom stereocenters. The largest absolute Gasteiger partial charge is 0.269 e. The van der Waals surface area contributed by atoms with Gasteiger partial charge in [-0.1, -0.05) is 69.9 Å². The Bertz CT molecular complexity index is 510. The predicted octanol–water partition coefficient (Wildman–Crippen LogP) is 6.61. The summed E-state index contributed by atoms with van der Waals surface area (Å²) in [6.07, 6.45) is 7.30. The summed E-state index contributed by atoms with van der Waals surface area (Å²) >= 11 is 0. The molecule has 0 radical (unpaired) electrons. The SMILES string of the molecule is CCCCC/C=C(/c1ccc([N+](=O)[O-])cc1)[Si](CC)(CC)CC. The van der Waals surface area contributed by atoms with E-state index in [1.165, 1.54) is 48.2 Å². The van der Waals surface area contributed by atoms with Gasteiger partial charge in [0.05, 0.1) is 13.0 Å². The summed E-state index contributed by atoms with van der Waals surface area (Å²) in [4.78, 5) is 10.6. The van der Waals surface area contributed by atoms with E-state index in [4.69, 9.17) is 0 Å². The number of nitrogens with zero attached hydrogens (tertiary/aromatic N) is 1. The van der Waals surface area contributed by atoms with Crippen LogP contribution in [0.15, 0.2) is 30.3 Å². The third-order valence-corrected chi connectivity index (χ3v) is 10.8. The molecule has 0 saturated carbocycles. The number of hydrogen-bond donors (Lipinski definition) is 0. The van der Waals surface area contributed by atoms with Gasteiger partial charge in [0.15, 0.2) is 0 Å². The Labute approximate surface area is 142 Å². The van der Waals surface area contributed by atoms with Gasteiger partial charge in [0, 0.05) is 12.1 Å². The molecule has 0 aliphatic carbocycles. The van der Waals surface area contributed by atoms with Gasteiger partial charge in [-0.05, 0) is 30.5 Å². The Kier molecular flexibility index (Phi) is 8.24. The summed E-state index contributed by atoms with van der Waals surface area (Å²) in [5, 5.41) is 12.4. The fourth-order valence-corrected chi connectivity index (χ4v) is 7.36. The van der Waals surface area contributed by atoms with Crippen molar-refractivity contribution in [2.75, 3.05) is 0 Å². The summed E-state index contributed by atoms with van der Waals surface area (Å²) in [6.45, 7) is 9.16. The van der Waals surface area contributed by atoms with Gasteiger partial charge in [-0.2, -0.15) is 0 Å². The van der Waals surface area contributed by atoms with Crippen LogP contribution < -0.4 is 0 Å². The fraction of sp³-hybridized carbons (Fsp3) is 0.579. The summed E-state index contributed by atoms with van der Waals surface area (Å²) in [7, 11) is -1.50. The van der Waals surface area contributed by atoms with Crippen LogP contribution >= 0.6 is 0 Å². The average Bonchev–Trinajstić information content (AvgIpc) is 2.58. The highest BCUT2D eigenvalue weighted by molar-refractivity contribution is 6.96. The summed E-state index contributed by atoms with van der Waals surface area (Å²) in [6, 6.07) is 10.9. The molecule has 4 heteroatoms. The Balaban J connectivity index is 3.19. The van der Waals surface area contributed by atoms with E-state index in [0.717, 1.165) is 6.42 Å². The van der Waals surface area contributed by atoms with Crippen LogP contribution in [0.25, 0.3) is 5.20 Å². The first kappa shape index (κ1) is 19.6. The van der Waals surface area contributed by atoms with E-state index in [1.54, 1.807) is 12.1 Å². The highest BCUT2D eigenvalue weighted by atomic mass is 28.3. The van der Waals surface area contributed by atoms with Crippen molar-refractivity contribution in [2.24, 2.45) is 0 Å². The second kappa shape index (κ2) is 9.66. The number of nitro groups is 1. The van der Waals surface area contributed by atoms with E-state index in [1.807, 2.05) is 12.1 Å². The van der Waals surface area contributed by atoms with Crippen molar-refractivity contribution in [3.05, 3.63) is 46.0 Å². The molecule has 1 aromatic carbocycles. The van der Waals surface area contributed by atoms with Crippen LogP contribution in [0.3, 0.4) is 0 Å². The molecule has 0 heterocycles. The second-order valence-electron chi connectivity index (χ2n) is 6.26. The molecule has 0 aromatic heterocycles. The van der Waals surface area contributed by atoms with Crippen LogP contribution in [0.5, 0.6) is 0 Å². The van der Waals surface area contributed by atoms with Crippen LogP contribution in [0.4, 0.5) is 5.69 Å². The van der Waals surface area contributed by atoms with Crippen LogP contribution in [-0.4, -0.2) is 13.0 Å². The Morgan fingerprint density at radius 1 is 1.04 bits per heavy atom. The molecule has 3 nitrogen and oxygen atoms in total. The zero-order valence-corrected chi connectivity index (χ0v) is 16.1. The second-order valence-corrected chi connectivity index (χ2v) is 11.5. The minimum atomic E-state index is -1.50. The molecule has 0 amide bonds. The Morgan fingerprint density at radius 3 is 2.04 bits per heavy atom. The van der Waals surface area contributed by atoms with Crippen molar-refractivity contribution in [3.8, 4) is 0 Å². The minimum absolute atomic E-state index is 0.177. The number of unbranched alkanes of at least 4 members (excludes halogenated alkanes) is 3. The molecule has 23 heavy (non-hydrogen) atoms. The molecule has 0 N–H and O–H groups in total. The lowest BCUT2D eigenvalue weighted by molar-refractivity contribution is -0.384. The van der Waals surface area contributed by atoms with Gasteiger partial charge in [-0.3, -0.25) is 10.1 Å². The highest BCUT2D eigenvalue weighted by Gasteiger charge is 2.32. The fourth-order valence-electron chi connectivity index (χ4n) is 3.37. The lowest BCUT2D eigenvalue weighted by Gasteiger charge is -2.32. The molecular formula is C19H31NO2Si. The number of non-ortho nitro benzene ring substituents is 1. The highest BCUT2D eigenvalue weighted by Crippen LogP contribution is 2.36. The smallest absolute Gasteiger partial charge is 0.258 e. The molecule has 0 spiro atoms. The van der Waals surface area contributed by atoms with Crippen molar-refractivity contribution in [3.63, 3.8) is 0 Å². The van der Waals surface area contributed by atoms with E-state index in [9.17, 15) is 10.1 Å². The summed E-state index contributed by atoms with van der Waals surface area (Å²) in [5.41, 5.74) is 1.38. The van der Waals surface area contributed by atoms with Crippen LogP contribution in [0.2, 0.25) is 18.1 Å². The molecule has 0 atom stereocenters. The van der Waals surface area contributed by atoms with E-state index < -0.39 is 8.07 Å². The van der Waals surface area contributed by atoms with Gasteiger partial charge in [0.1, 0.15) is 0 Å². The molecule has 128 valence electrons. The van der Waals surface area contributed by atoms with Crippen molar-refractivity contribution in [2.45, 2.75) is 71.5 Å². The van der Waals surface area contributed by atoms with E-state index >= 15 is 0 Å². The van der Waals surface area contributed by atoms with Crippen LogP contribution in [-0.2, 0) is 0 Å². The van der Waals surface area contributed by atoms with Crippen molar-refractivity contribution >= 4 is 19.0 Å². The van der Waals surface area contributed by atoms with E-state index in [0.29, 0.717) is 0 Å². The number of allylic oxidation sites excluding steroid dienone is 1. The molecular weight excluding hydrogens is 302 g/mol. The number of rotatable bonds is 10. The van der Waals surface area contributed by atoms with Gasteiger partial charge >= 0.3 is 0 Å². The van der Waals surface area contributed by atoms with Crippen molar-refractivity contribution in [1.82, 2.24) is 0 Å². The van der Waals surface area contributed by atoms with Crippen molar-refractivity contribution in [1.29, 1.82) is 0 Å². The Morgan fingerprint density at radius 2 is 1.61 bits per heavy atom. The zero-order valence-electron chi connectivity index (χ0n) is 15.1. The topological polar surface area (TPSA) is 43.1 Å². The molecule has 1 rings (SSSR count). The van der Waals surface area contributed by atoms with Gasteiger partial charge < -0.3 is 0 Å². The lowest BCUT2D eigenvalue weighted by atomic mass is 10.1. The predicted molar refractivity (Wildman–Crippen MR) is 102 cm³/mol. The van der Waals surface area contributed by atoms with E-state index in [2.05, 4.69) is 33.8 Å². The molecule has 0 saturated heterocycles. The molecule has 0 fully saturated rings. The Hall–Kier alpha value is -1.42. The maximum Gasteiger partial charge on any atom is 0.269 e. The number of benzene rings is 1. The first-order chi connectivity index (χ1) is 11.0. The zero-order chi connectivity index (χ0) is 17.3. The lowest BCUT2D eigenvalue weighted by Crippen LogP contribution is -2.33. The minimum Gasteiger partial charge on any atom is -0.258 e. The van der Waals surface area contributed by atoms with Gasteiger partial charge in [0.2, 0.25) is 0 Å². The quantitative estimate of drug-likeness (QED) is 0.209. The normalized spacial score (nSPS) is 12.4. The van der Waals surface area contributed by atoms with E-state index in [-0.39, 0.29) is 10.6 Å². The first-order valence-corrected chi connectivity index (χ1v) is 11.6. The standard InChI is InChI=1S/C19H31NO2Si/c1-5-9-10-11-12-19(23(6-2,7-3)8-4)17-13-15-18(16-14-17)20(21)22/h12-16H,5-11H2,1-4H3/b19-12-. The maximum atomic E-state index is 10.9. The van der Waals surface area contributed by atoms with Gasteiger partial charge in [0.25, 0.3) is 5.69 Å². The molecule has 0 aliphatic heterocycles. The summed E-state index contributed by atoms with van der Waals surface area (Å²) in [5.74, 6) is 0. The number of nitro benzene ring substituents is 1. The third kappa shape index (κ3) is 5.03. The van der Waals surface area contributed by atoms with Crippen LogP contribution in [0, 0.1) is 10.1 Å². The van der Waals surface area contributed by atoms with Gasteiger partial charge in [-0.25, -0.2) is 0 Å². The molecule has 0 aliphatic rings. The number of hydrogen-bond acceptors (Lipinski definition) is 2. The van der Waals surface area contributed by atoms with Crippen LogP contribution in [0.1, 0.15) is 58.9 Å². The van der Waals surface area contributed by atoms with Crippen molar-refractivity contribution < 1.29 is 4.92 Å². The molecule has 0 bridgehead atoms. The summed E-state index contributed by atoms with van der Waals surface area (Å²) < 4.78 is 0. The molecule has 1 aromatic rings. The third-order valence-electron chi connectivity index (χ3n) is 5.15.